The lowest BCUT2D eigenvalue weighted by molar-refractivity contribution is 0.242. The number of aliphatic hydroxyl groups is 1. The van der Waals surface area contributed by atoms with Crippen molar-refractivity contribution >= 4 is 0 Å². The predicted molar refractivity (Wildman–Crippen MR) is 70.5 cm³/mol. The minimum absolute atomic E-state index is 0.244. The van der Waals surface area contributed by atoms with Crippen LogP contribution in [0.5, 0.6) is 5.75 Å². The number of nitrogens with zero attached hydrogens (tertiary/aromatic N) is 1. The standard InChI is InChI=1S/C14H23NO2/c1-11-8-12(2)14(17-4)13(9-11)10-15(3)6-5-7-16/h8-9,16H,5-7,10H2,1-4H3. The van der Waals surface area contributed by atoms with E-state index in [0.29, 0.717) is 0 Å². The summed E-state index contributed by atoms with van der Waals surface area (Å²) in [5, 5.41) is 8.82. The minimum Gasteiger partial charge on any atom is -0.496 e. The molecule has 1 aromatic rings. The Balaban J connectivity index is 2.81. The molecule has 17 heavy (non-hydrogen) atoms. The summed E-state index contributed by atoms with van der Waals surface area (Å²) >= 11 is 0. The van der Waals surface area contributed by atoms with Gasteiger partial charge < -0.3 is 14.7 Å². The molecule has 0 unspecified atom stereocenters. The zero-order valence-electron chi connectivity index (χ0n) is 11.3. The van der Waals surface area contributed by atoms with Gasteiger partial charge in [0.2, 0.25) is 0 Å². The van der Waals surface area contributed by atoms with Gasteiger partial charge in [-0.3, -0.25) is 0 Å². The van der Waals surface area contributed by atoms with Gasteiger partial charge in [0.1, 0.15) is 5.75 Å². The molecule has 0 aliphatic heterocycles. The molecule has 0 fully saturated rings. The molecule has 0 amide bonds. The third kappa shape index (κ3) is 4.02. The number of methoxy groups -OCH3 is 1. The van der Waals surface area contributed by atoms with Crippen LogP contribution in [0.4, 0.5) is 0 Å². The molecule has 0 aromatic heterocycles. The van der Waals surface area contributed by atoms with Crippen LogP contribution in [0.25, 0.3) is 0 Å². The van der Waals surface area contributed by atoms with Gasteiger partial charge >= 0.3 is 0 Å². The second-order valence-electron chi connectivity index (χ2n) is 4.59. The molecule has 1 N–H and O–H groups in total. The van der Waals surface area contributed by atoms with Crippen LogP contribution in [-0.2, 0) is 6.54 Å². The van der Waals surface area contributed by atoms with Gasteiger partial charge in [-0.25, -0.2) is 0 Å². The quantitative estimate of drug-likeness (QED) is 0.822. The number of rotatable bonds is 6. The van der Waals surface area contributed by atoms with Crippen molar-refractivity contribution in [2.45, 2.75) is 26.8 Å². The van der Waals surface area contributed by atoms with Crippen LogP contribution in [0.3, 0.4) is 0 Å². The highest BCUT2D eigenvalue weighted by atomic mass is 16.5. The van der Waals surface area contributed by atoms with Crippen LogP contribution in [0, 0.1) is 13.8 Å². The monoisotopic (exact) mass is 237 g/mol. The van der Waals surface area contributed by atoms with Gasteiger partial charge in [0, 0.05) is 25.3 Å². The zero-order chi connectivity index (χ0) is 12.8. The molecule has 0 heterocycles. The normalized spacial score (nSPS) is 10.9. The van der Waals surface area contributed by atoms with Gasteiger partial charge in [-0.2, -0.15) is 0 Å². The van der Waals surface area contributed by atoms with Gasteiger partial charge in [0.15, 0.2) is 0 Å². The Morgan fingerprint density at radius 1 is 1.29 bits per heavy atom. The number of hydrogen-bond donors (Lipinski definition) is 1. The molecule has 96 valence electrons. The maximum absolute atomic E-state index is 8.82. The first-order valence-corrected chi connectivity index (χ1v) is 6.02. The Kier molecular flexibility index (Phi) is 5.45. The molecule has 0 aliphatic rings. The Labute approximate surface area is 104 Å². The van der Waals surface area contributed by atoms with E-state index in [9.17, 15) is 0 Å². The summed E-state index contributed by atoms with van der Waals surface area (Å²) in [7, 11) is 3.78. The van der Waals surface area contributed by atoms with E-state index < -0.39 is 0 Å². The Bertz CT molecular complexity index is 363. The average molecular weight is 237 g/mol. The summed E-state index contributed by atoms with van der Waals surface area (Å²) in [5.74, 6) is 0.978. The van der Waals surface area contributed by atoms with Crippen LogP contribution < -0.4 is 4.74 Å². The number of hydrogen-bond acceptors (Lipinski definition) is 3. The number of benzene rings is 1. The third-order valence-electron chi connectivity index (χ3n) is 2.84. The van der Waals surface area contributed by atoms with Gasteiger partial charge in [-0.05, 0) is 32.9 Å². The van der Waals surface area contributed by atoms with Gasteiger partial charge in [-0.15, -0.1) is 0 Å². The van der Waals surface area contributed by atoms with Crippen molar-refractivity contribution in [3.05, 3.63) is 28.8 Å². The average Bonchev–Trinajstić information content (AvgIpc) is 2.25. The molecule has 0 spiro atoms. The van der Waals surface area contributed by atoms with E-state index in [1.54, 1.807) is 7.11 Å². The molecule has 0 saturated carbocycles. The van der Waals surface area contributed by atoms with E-state index in [1.165, 1.54) is 16.7 Å². The topological polar surface area (TPSA) is 32.7 Å². The lowest BCUT2D eigenvalue weighted by atomic mass is 10.1. The van der Waals surface area contributed by atoms with E-state index in [-0.39, 0.29) is 6.61 Å². The molecule has 0 saturated heterocycles. The van der Waals surface area contributed by atoms with Gasteiger partial charge in [0.25, 0.3) is 0 Å². The molecule has 0 bridgehead atoms. The van der Waals surface area contributed by atoms with Gasteiger partial charge in [0.05, 0.1) is 7.11 Å². The summed E-state index contributed by atoms with van der Waals surface area (Å²) < 4.78 is 5.46. The zero-order valence-corrected chi connectivity index (χ0v) is 11.3. The van der Waals surface area contributed by atoms with E-state index in [4.69, 9.17) is 9.84 Å². The first-order chi connectivity index (χ1) is 8.08. The van der Waals surface area contributed by atoms with Crippen molar-refractivity contribution in [2.75, 3.05) is 27.3 Å². The third-order valence-corrected chi connectivity index (χ3v) is 2.84. The van der Waals surface area contributed by atoms with E-state index >= 15 is 0 Å². The van der Waals surface area contributed by atoms with Crippen LogP contribution >= 0.6 is 0 Å². The SMILES string of the molecule is COc1c(C)cc(C)cc1CN(C)CCCO. The van der Waals surface area contributed by atoms with Crippen LogP contribution in [0.2, 0.25) is 0 Å². The first-order valence-electron chi connectivity index (χ1n) is 6.02. The molecule has 0 atom stereocenters. The molecule has 1 rings (SSSR count). The fourth-order valence-electron chi connectivity index (χ4n) is 2.16. The van der Waals surface area contributed by atoms with E-state index in [2.05, 4.69) is 37.9 Å². The van der Waals surface area contributed by atoms with Crippen LogP contribution in [0.15, 0.2) is 12.1 Å². The maximum Gasteiger partial charge on any atom is 0.126 e. The van der Waals surface area contributed by atoms with Gasteiger partial charge in [-0.1, -0.05) is 17.7 Å². The lowest BCUT2D eigenvalue weighted by Gasteiger charge is -2.19. The minimum atomic E-state index is 0.244. The fourth-order valence-corrected chi connectivity index (χ4v) is 2.16. The largest absolute Gasteiger partial charge is 0.496 e. The molecule has 1 aromatic carbocycles. The molecular formula is C14H23NO2. The molecule has 0 aliphatic carbocycles. The highest BCUT2D eigenvalue weighted by Gasteiger charge is 2.09. The lowest BCUT2D eigenvalue weighted by Crippen LogP contribution is -2.20. The van der Waals surface area contributed by atoms with Crippen LogP contribution in [-0.4, -0.2) is 37.3 Å². The number of ether oxygens (including phenoxy) is 1. The summed E-state index contributed by atoms with van der Waals surface area (Å²) in [6.45, 7) is 6.17. The molecule has 3 nitrogen and oxygen atoms in total. The van der Waals surface area contributed by atoms with Crippen molar-refractivity contribution in [3.8, 4) is 5.75 Å². The second-order valence-corrected chi connectivity index (χ2v) is 4.59. The Hall–Kier alpha value is -1.06. The summed E-state index contributed by atoms with van der Waals surface area (Å²) in [4.78, 5) is 2.20. The highest BCUT2D eigenvalue weighted by Crippen LogP contribution is 2.26. The first kappa shape index (κ1) is 14.0. The summed E-state index contributed by atoms with van der Waals surface area (Å²) in [6, 6.07) is 4.30. The second kappa shape index (κ2) is 6.62. The maximum atomic E-state index is 8.82. The van der Waals surface area contributed by atoms with E-state index in [0.717, 1.165) is 25.3 Å². The van der Waals surface area contributed by atoms with Crippen molar-refractivity contribution in [1.29, 1.82) is 0 Å². The van der Waals surface area contributed by atoms with Crippen molar-refractivity contribution in [2.24, 2.45) is 0 Å². The summed E-state index contributed by atoms with van der Waals surface area (Å²) in [6.07, 6.45) is 0.809. The molecular weight excluding hydrogens is 214 g/mol. The van der Waals surface area contributed by atoms with Crippen molar-refractivity contribution in [1.82, 2.24) is 4.90 Å². The molecule has 3 heteroatoms. The number of aryl methyl sites for hydroxylation is 2. The molecule has 0 radical (unpaired) electrons. The fraction of sp³-hybridized carbons (Fsp3) is 0.571. The van der Waals surface area contributed by atoms with Crippen LogP contribution in [0.1, 0.15) is 23.1 Å². The predicted octanol–water partition coefficient (Wildman–Crippen LogP) is 2.13. The van der Waals surface area contributed by atoms with Crippen molar-refractivity contribution < 1.29 is 9.84 Å². The van der Waals surface area contributed by atoms with Crippen molar-refractivity contribution in [3.63, 3.8) is 0 Å². The highest BCUT2D eigenvalue weighted by molar-refractivity contribution is 5.43. The Morgan fingerprint density at radius 3 is 2.59 bits per heavy atom. The summed E-state index contributed by atoms with van der Waals surface area (Å²) in [5.41, 5.74) is 3.65. The Morgan fingerprint density at radius 2 is 2.00 bits per heavy atom. The smallest absolute Gasteiger partial charge is 0.126 e. The van der Waals surface area contributed by atoms with E-state index in [1.807, 2.05) is 0 Å². The number of aliphatic hydroxyl groups excluding tert-OH is 1.